The van der Waals surface area contributed by atoms with Crippen molar-refractivity contribution in [2.24, 2.45) is 40.7 Å². The topological polar surface area (TPSA) is 648 Å². The molecule has 0 aliphatic rings. The molecule has 0 aliphatic carbocycles. The number of rotatable bonds is 49. The fraction of sp³-hybridized carbons (Fsp3) is 0.655. The van der Waals surface area contributed by atoms with Gasteiger partial charge in [0, 0.05) is 43.4 Å². The standard InChI is InChI=1S/C58H96N18O21S2/c1-7-28(6)46(57(95)69-33(13-16-43(83)84)51(89)73-38(24-99)58(96)97)76-54(92)37(23-98)72-49(87)31(10-8-9-17-59)67-50(88)32(12-15-42(81)82)68-55(93)44(26(2)3)75-56(94)45(27(4)5)74-52(90)34(18-29-20-63-25-65-29)71-53(91)36(22-77)66-41(80)21-64-48(86)35(19-40(62)79)70-47(85)30(60)11-14-39(61)78/h20,25-28,30-38,44-46,77,98-99H,7-19,21-24,59-60H2,1-6H3,(H2,61,78)(H2,62,79)(H,63,65)(H,64,86)(H,66,80)(H,67,88)(H,68,93)(H,69,95)(H,70,85)(H,71,91)(H,72,87)(H,73,89)(H,74,90)(H,75,94)(H,76,92)(H,81,82)(H,83,84)(H,96,97)/t28-,30-,31-,32-,33-,34-,35-,36-,37-,38-,44-,45-,46-/m0/s1. The average Bonchev–Trinajstić information content (AvgIpc) is 1.49. The van der Waals surface area contributed by atoms with Gasteiger partial charge in [-0.15, -0.1) is 0 Å². The number of aromatic amines is 1. The van der Waals surface area contributed by atoms with Crippen molar-refractivity contribution in [2.75, 3.05) is 31.2 Å². The molecule has 0 unspecified atom stereocenters. The number of amides is 14. The number of aromatic nitrogens is 2. The molecule has 0 saturated carbocycles. The molecule has 1 aromatic heterocycles. The van der Waals surface area contributed by atoms with Crippen LogP contribution in [-0.2, 0) is 87.9 Å². The largest absolute Gasteiger partial charge is 0.481 e. The number of carbonyl (C=O) groups excluding carboxylic acids is 14. The zero-order valence-corrected chi connectivity index (χ0v) is 57.5. The summed E-state index contributed by atoms with van der Waals surface area (Å²) in [7, 11) is 0. The maximum atomic E-state index is 14.3. The van der Waals surface area contributed by atoms with Crippen LogP contribution in [0.2, 0.25) is 0 Å². The van der Waals surface area contributed by atoms with Gasteiger partial charge in [0.2, 0.25) is 82.7 Å². The van der Waals surface area contributed by atoms with E-state index >= 15 is 0 Å². The zero-order valence-electron chi connectivity index (χ0n) is 55.7. The molecule has 0 aliphatic heterocycles. The van der Waals surface area contributed by atoms with Crippen LogP contribution >= 0.6 is 25.3 Å². The number of unbranched alkanes of at least 4 members (excludes halogenated alkanes) is 1. The van der Waals surface area contributed by atoms with E-state index in [4.69, 9.17) is 22.9 Å². The lowest BCUT2D eigenvalue weighted by atomic mass is 9.97. The quantitative estimate of drug-likeness (QED) is 0.0213. The summed E-state index contributed by atoms with van der Waals surface area (Å²) in [5.41, 5.74) is 22.0. The summed E-state index contributed by atoms with van der Waals surface area (Å²) < 4.78 is 0. The second-order valence-electron chi connectivity index (χ2n) is 23.7. The monoisotopic (exact) mass is 1440 g/mol. The number of hydrogen-bond acceptors (Lipinski definition) is 23. The first-order chi connectivity index (χ1) is 46.4. The Kier molecular flexibility index (Phi) is 40.2. The van der Waals surface area contributed by atoms with E-state index in [2.05, 4.69) is 99.0 Å². The van der Waals surface area contributed by atoms with E-state index in [-0.39, 0.29) is 56.5 Å². The molecule has 0 fully saturated rings. The second kappa shape index (κ2) is 45.4. The first-order valence-corrected chi connectivity index (χ1v) is 32.8. The SMILES string of the molecule is CC[C@H](C)[C@H](NC(=O)[C@H](CS)NC(=O)[C@H](CCCCN)NC(=O)[C@H](CCC(=O)O)NC(=O)[C@@H](NC(=O)[C@@H](NC(=O)[C@H](Cc1c[nH]cn1)NC(=O)[C@H](CO)NC(=O)CNC(=O)[C@H](CC(N)=O)NC(=O)[C@@H](N)CCC(N)=O)C(C)C)C(C)C)C(=O)N[C@@H](CCC(=O)O)C(=O)N[C@@H](CS)C(=O)O. The number of aliphatic hydroxyl groups is 1. The van der Waals surface area contributed by atoms with Gasteiger partial charge in [0.1, 0.15) is 66.5 Å². The van der Waals surface area contributed by atoms with E-state index in [9.17, 15) is 102 Å². The Hall–Kier alpha value is -9.22. The van der Waals surface area contributed by atoms with Gasteiger partial charge in [0.25, 0.3) is 0 Å². The van der Waals surface area contributed by atoms with Crippen molar-refractivity contribution >= 4 is 126 Å². The number of aliphatic carboxylic acids is 3. The maximum absolute atomic E-state index is 14.3. The van der Waals surface area contributed by atoms with Crippen molar-refractivity contribution in [2.45, 2.75) is 191 Å². The number of H-pyrrole nitrogens is 1. The van der Waals surface area contributed by atoms with Crippen LogP contribution < -0.4 is 86.7 Å². The van der Waals surface area contributed by atoms with E-state index < -0.39 is 242 Å². The first-order valence-electron chi connectivity index (χ1n) is 31.5. The van der Waals surface area contributed by atoms with Crippen molar-refractivity contribution in [3.05, 3.63) is 18.2 Å². The number of nitrogens with one attached hydrogen (secondary N) is 13. The van der Waals surface area contributed by atoms with Crippen LogP contribution in [0, 0.1) is 17.8 Å². The van der Waals surface area contributed by atoms with Gasteiger partial charge in [0.15, 0.2) is 0 Å². The predicted molar refractivity (Wildman–Crippen MR) is 355 cm³/mol. The molecular formula is C58H96N18O21S2. The van der Waals surface area contributed by atoms with Crippen LogP contribution in [-0.4, -0.2) is 235 Å². The number of aliphatic hydroxyl groups excluding tert-OH is 1. The van der Waals surface area contributed by atoms with Gasteiger partial charge in [-0.1, -0.05) is 48.0 Å². The second-order valence-corrected chi connectivity index (χ2v) is 24.4. The third-order valence-electron chi connectivity index (χ3n) is 15.0. The van der Waals surface area contributed by atoms with Crippen LogP contribution in [0.3, 0.4) is 0 Å². The van der Waals surface area contributed by atoms with Crippen LogP contribution in [0.4, 0.5) is 0 Å². The summed E-state index contributed by atoms with van der Waals surface area (Å²) in [6.45, 7) is 7.39. The Bertz CT molecular complexity index is 2960. The third kappa shape index (κ3) is 32.8. The number of carboxylic acids is 3. The number of primary amides is 2. The number of carbonyl (C=O) groups is 17. The highest BCUT2D eigenvalue weighted by Gasteiger charge is 2.38. The summed E-state index contributed by atoms with van der Waals surface area (Å²) in [4.78, 5) is 229. The van der Waals surface area contributed by atoms with Gasteiger partial charge >= 0.3 is 17.9 Å². The average molecular weight is 1450 g/mol. The Morgan fingerprint density at radius 3 is 1.38 bits per heavy atom. The summed E-state index contributed by atoms with van der Waals surface area (Å²) in [6.07, 6.45) is -0.824. The number of nitrogens with two attached hydrogens (primary N) is 4. The van der Waals surface area contributed by atoms with Crippen molar-refractivity contribution in [1.82, 2.24) is 73.8 Å². The van der Waals surface area contributed by atoms with Crippen molar-refractivity contribution in [3.63, 3.8) is 0 Å². The Labute approximate surface area is 580 Å². The van der Waals surface area contributed by atoms with Gasteiger partial charge in [-0.25, -0.2) is 9.78 Å². The van der Waals surface area contributed by atoms with Crippen LogP contribution in [0.1, 0.15) is 118 Å². The van der Waals surface area contributed by atoms with Gasteiger partial charge < -0.3 is 112 Å². The van der Waals surface area contributed by atoms with Gasteiger partial charge in [0.05, 0.1) is 37.6 Å². The normalized spacial score (nSPS) is 15.0. The fourth-order valence-corrected chi connectivity index (χ4v) is 9.52. The molecular weight excluding hydrogens is 1350 g/mol. The molecule has 1 aromatic rings. The van der Waals surface area contributed by atoms with E-state index in [1.165, 1.54) is 40.2 Å². The summed E-state index contributed by atoms with van der Waals surface area (Å²) in [5.74, 6) is -21.6. The minimum absolute atomic E-state index is 0.135. The highest BCUT2D eigenvalue weighted by atomic mass is 32.1. The van der Waals surface area contributed by atoms with Gasteiger partial charge in [-0.2, -0.15) is 25.3 Å². The first kappa shape index (κ1) is 87.8. The number of thiol groups is 2. The van der Waals surface area contributed by atoms with E-state index in [1.807, 2.05) is 0 Å². The molecule has 41 heteroatoms. The van der Waals surface area contributed by atoms with Gasteiger partial charge in [-0.3, -0.25) is 76.7 Å². The minimum atomic E-state index is -1.81. The molecule has 0 radical (unpaired) electrons. The molecule has 13 atom stereocenters. The molecule has 0 spiro atoms. The smallest absolute Gasteiger partial charge is 0.327 e. The zero-order chi connectivity index (χ0) is 75.4. The summed E-state index contributed by atoms with van der Waals surface area (Å²) in [5, 5.41) is 67.1. The molecule has 39 nitrogen and oxygen atoms in total. The van der Waals surface area contributed by atoms with E-state index in [0.29, 0.717) is 6.42 Å². The molecule has 0 bridgehead atoms. The highest BCUT2D eigenvalue weighted by molar-refractivity contribution is 7.80. The predicted octanol–water partition coefficient (Wildman–Crippen LogP) is -7.98. The van der Waals surface area contributed by atoms with Crippen molar-refractivity contribution in [1.29, 1.82) is 0 Å². The van der Waals surface area contributed by atoms with E-state index in [1.54, 1.807) is 13.8 Å². The molecule has 1 rings (SSSR count). The van der Waals surface area contributed by atoms with E-state index in [0.717, 1.165) is 0 Å². The summed E-state index contributed by atoms with van der Waals surface area (Å²) in [6, 6.07) is -18.8. The summed E-state index contributed by atoms with van der Waals surface area (Å²) >= 11 is 8.13. The van der Waals surface area contributed by atoms with Crippen molar-refractivity contribution < 1.29 is 102 Å². The number of imidazole rings is 1. The molecule has 99 heavy (non-hydrogen) atoms. The Morgan fingerprint density at radius 2 is 0.929 bits per heavy atom. The Balaban J connectivity index is 3.46. The Morgan fingerprint density at radius 1 is 0.495 bits per heavy atom. The maximum Gasteiger partial charge on any atom is 0.327 e. The van der Waals surface area contributed by atoms with Crippen molar-refractivity contribution in [3.8, 4) is 0 Å². The number of carboxylic acid groups (broad SMARTS) is 3. The molecule has 25 N–H and O–H groups in total. The lowest BCUT2D eigenvalue weighted by molar-refractivity contribution is -0.142. The lowest BCUT2D eigenvalue weighted by Gasteiger charge is -2.30. The van der Waals surface area contributed by atoms with Gasteiger partial charge in [-0.05, 0) is 62.8 Å². The number of hydrogen-bond donors (Lipinski definition) is 23. The molecule has 14 amide bonds. The molecule has 556 valence electrons. The lowest BCUT2D eigenvalue weighted by Crippen LogP contribution is -2.62. The molecule has 0 saturated heterocycles. The third-order valence-corrected chi connectivity index (χ3v) is 15.7. The molecule has 1 heterocycles. The van der Waals surface area contributed by atoms with Crippen LogP contribution in [0.25, 0.3) is 0 Å². The molecule has 0 aromatic carbocycles. The minimum Gasteiger partial charge on any atom is -0.481 e. The van der Waals surface area contributed by atoms with Crippen LogP contribution in [0.15, 0.2) is 12.5 Å². The van der Waals surface area contributed by atoms with Crippen LogP contribution in [0.5, 0.6) is 0 Å². The fourth-order valence-electron chi connectivity index (χ4n) is 9.02. The highest BCUT2D eigenvalue weighted by Crippen LogP contribution is 2.14. The number of nitrogens with zero attached hydrogens (tertiary/aromatic N) is 1.